The van der Waals surface area contributed by atoms with Crippen molar-refractivity contribution in [1.29, 1.82) is 0 Å². The lowest BCUT2D eigenvalue weighted by atomic mass is 9.96. The third kappa shape index (κ3) is 2.86. The first-order valence-electron chi connectivity index (χ1n) is 7.82. The summed E-state index contributed by atoms with van der Waals surface area (Å²) in [6.07, 6.45) is 5.15. The summed E-state index contributed by atoms with van der Waals surface area (Å²) in [5.74, 6) is 0.626. The molecule has 22 heavy (non-hydrogen) atoms. The summed E-state index contributed by atoms with van der Waals surface area (Å²) in [5.41, 5.74) is 4.98. The molecule has 1 aromatic carbocycles. The number of benzene rings is 1. The summed E-state index contributed by atoms with van der Waals surface area (Å²) in [4.78, 5) is 15.8. The molecule has 1 amide bonds. The number of hydrogen-bond donors (Lipinski definition) is 2. The third-order valence-electron chi connectivity index (χ3n) is 4.25. The number of nitrogens with one attached hydrogen (secondary N) is 1. The van der Waals surface area contributed by atoms with Crippen LogP contribution >= 0.6 is 0 Å². The van der Waals surface area contributed by atoms with Crippen LogP contribution in [0.25, 0.3) is 16.5 Å². The molecule has 0 saturated heterocycles. The SMILES string of the molecule is CC(C)Cc1c[nH]c2ccc(C3=CCN(C(=O)O)CC3)cc12. The van der Waals surface area contributed by atoms with Crippen LogP contribution in [-0.4, -0.2) is 34.2 Å². The standard InChI is InChI=1S/C18H22N2O2/c1-12(2)9-15-11-19-17-4-3-14(10-16(15)17)13-5-7-20(8-6-13)18(21)22/h3-5,10-12,19H,6-9H2,1-2H3,(H,21,22). The Hall–Kier alpha value is -2.23. The number of carbonyl (C=O) groups is 1. The smallest absolute Gasteiger partial charge is 0.407 e. The maximum Gasteiger partial charge on any atom is 0.407 e. The van der Waals surface area contributed by atoms with Crippen molar-refractivity contribution < 1.29 is 9.90 Å². The molecule has 0 unspecified atom stereocenters. The molecule has 2 N–H and O–H groups in total. The van der Waals surface area contributed by atoms with Crippen LogP contribution in [0.3, 0.4) is 0 Å². The molecule has 0 aliphatic carbocycles. The van der Waals surface area contributed by atoms with Crippen molar-refractivity contribution in [3.8, 4) is 0 Å². The van der Waals surface area contributed by atoms with Crippen molar-refractivity contribution in [2.45, 2.75) is 26.7 Å². The van der Waals surface area contributed by atoms with Gasteiger partial charge in [-0.2, -0.15) is 0 Å². The van der Waals surface area contributed by atoms with Gasteiger partial charge < -0.3 is 15.0 Å². The van der Waals surface area contributed by atoms with E-state index in [0.717, 1.165) is 12.8 Å². The lowest BCUT2D eigenvalue weighted by Gasteiger charge is -2.23. The number of fused-ring (bicyclic) bond motifs is 1. The van der Waals surface area contributed by atoms with Gasteiger partial charge in [0.25, 0.3) is 0 Å². The average Bonchev–Trinajstić information content (AvgIpc) is 2.89. The molecule has 0 saturated carbocycles. The largest absolute Gasteiger partial charge is 0.465 e. The minimum atomic E-state index is -0.837. The first-order valence-corrected chi connectivity index (χ1v) is 7.82. The summed E-state index contributed by atoms with van der Waals surface area (Å²) in [7, 11) is 0. The molecule has 0 bridgehead atoms. The summed E-state index contributed by atoms with van der Waals surface area (Å²) >= 11 is 0. The Balaban J connectivity index is 1.90. The van der Waals surface area contributed by atoms with Gasteiger partial charge in [-0.15, -0.1) is 0 Å². The molecule has 3 rings (SSSR count). The van der Waals surface area contributed by atoms with Crippen LogP contribution in [0, 0.1) is 5.92 Å². The van der Waals surface area contributed by atoms with Gasteiger partial charge in [0, 0.05) is 30.2 Å². The molecule has 2 aromatic rings. The molecular weight excluding hydrogens is 276 g/mol. The lowest BCUT2D eigenvalue weighted by molar-refractivity contribution is 0.150. The number of hydrogen-bond acceptors (Lipinski definition) is 1. The van der Waals surface area contributed by atoms with E-state index in [-0.39, 0.29) is 0 Å². The summed E-state index contributed by atoms with van der Waals surface area (Å²) in [6, 6.07) is 6.49. The first kappa shape index (κ1) is 14.7. The van der Waals surface area contributed by atoms with Gasteiger partial charge in [-0.1, -0.05) is 26.0 Å². The van der Waals surface area contributed by atoms with Crippen LogP contribution in [0.2, 0.25) is 0 Å². The highest BCUT2D eigenvalue weighted by molar-refractivity contribution is 5.87. The molecule has 0 atom stereocenters. The molecular formula is C18H22N2O2. The molecule has 1 aliphatic rings. The maximum absolute atomic E-state index is 11.0. The van der Waals surface area contributed by atoms with Gasteiger partial charge in [0.05, 0.1) is 0 Å². The Bertz CT molecular complexity index is 728. The summed E-state index contributed by atoms with van der Waals surface area (Å²) < 4.78 is 0. The van der Waals surface area contributed by atoms with E-state index in [1.165, 1.54) is 32.5 Å². The van der Waals surface area contributed by atoms with Crippen LogP contribution < -0.4 is 0 Å². The van der Waals surface area contributed by atoms with E-state index in [0.29, 0.717) is 19.0 Å². The Labute approximate surface area is 130 Å². The van der Waals surface area contributed by atoms with Gasteiger partial charge in [-0.05, 0) is 47.6 Å². The molecule has 2 heterocycles. The van der Waals surface area contributed by atoms with Crippen LogP contribution in [-0.2, 0) is 6.42 Å². The molecule has 0 fully saturated rings. The van der Waals surface area contributed by atoms with Crippen molar-refractivity contribution in [2.75, 3.05) is 13.1 Å². The quantitative estimate of drug-likeness (QED) is 0.895. The Morgan fingerprint density at radius 3 is 2.86 bits per heavy atom. The minimum absolute atomic E-state index is 0.481. The van der Waals surface area contributed by atoms with Crippen LogP contribution in [0.5, 0.6) is 0 Å². The lowest BCUT2D eigenvalue weighted by Crippen LogP contribution is -2.33. The van der Waals surface area contributed by atoms with Crippen molar-refractivity contribution >= 4 is 22.6 Å². The molecule has 4 heteroatoms. The highest BCUT2D eigenvalue weighted by Crippen LogP contribution is 2.28. The molecule has 1 aliphatic heterocycles. The monoisotopic (exact) mass is 298 g/mol. The second kappa shape index (κ2) is 5.87. The van der Waals surface area contributed by atoms with Gasteiger partial charge >= 0.3 is 6.09 Å². The molecule has 116 valence electrons. The zero-order chi connectivity index (χ0) is 15.7. The molecule has 4 nitrogen and oxygen atoms in total. The molecule has 1 aromatic heterocycles. The average molecular weight is 298 g/mol. The highest BCUT2D eigenvalue weighted by Gasteiger charge is 2.17. The van der Waals surface area contributed by atoms with Crippen molar-refractivity contribution in [1.82, 2.24) is 9.88 Å². The van der Waals surface area contributed by atoms with E-state index in [1.807, 2.05) is 6.08 Å². The molecule has 0 radical (unpaired) electrons. The highest BCUT2D eigenvalue weighted by atomic mass is 16.4. The van der Waals surface area contributed by atoms with Crippen LogP contribution in [0.1, 0.15) is 31.4 Å². The van der Waals surface area contributed by atoms with Gasteiger partial charge in [-0.25, -0.2) is 4.79 Å². The Morgan fingerprint density at radius 1 is 1.41 bits per heavy atom. The number of carboxylic acid groups (broad SMARTS) is 1. The number of nitrogens with zero attached hydrogens (tertiary/aromatic N) is 1. The fourth-order valence-electron chi connectivity index (χ4n) is 3.09. The van der Waals surface area contributed by atoms with Crippen LogP contribution in [0.15, 0.2) is 30.5 Å². The second-order valence-electron chi connectivity index (χ2n) is 6.38. The number of rotatable bonds is 3. The number of aromatic amines is 1. The van der Waals surface area contributed by atoms with Crippen molar-refractivity contribution in [3.05, 3.63) is 41.6 Å². The second-order valence-corrected chi connectivity index (χ2v) is 6.38. The van der Waals surface area contributed by atoms with Gasteiger partial charge in [0.1, 0.15) is 0 Å². The predicted octanol–water partition coefficient (Wildman–Crippen LogP) is 4.13. The fourth-order valence-corrected chi connectivity index (χ4v) is 3.09. The summed E-state index contributed by atoms with van der Waals surface area (Å²) in [6.45, 7) is 5.51. The van der Waals surface area contributed by atoms with E-state index >= 15 is 0 Å². The Kier molecular flexibility index (Phi) is 3.92. The topological polar surface area (TPSA) is 56.3 Å². The number of H-pyrrole nitrogens is 1. The van der Waals surface area contributed by atoms with Gasteiger partial charge in [0.15, 0.2) is 0 Å². The van der Waals surface area contributed by atoms with Gasteiger partial charge in [-0.3, -0.25) is 0 Å². The van der Waals surface area contributed by atoms with E-state index < -0.39 is 6.09 Å². The van der Waals surface area contributed by atoms with E-state index in [4.69, 9.17) is 5.11 Å². The Morgan fingerprint density at radius 2 is 2.23 bits per heavy atom. The van der Waals surface area contributed by atoms with Crippen molar-refractivity contribution in [3.63, 3.8) is 0 Å². The maximum atomic E-state index is 11.0. The fraction of sp³-hybridized carbons (Fsp3) is 0.389. The van der Waals surface area contributed by atoms with Gasteiger partial charge in [0.2, 0.25) is 0 Å². The zero-order valence-electron chi connectivity index (χ0n) is 13.1. The zero-order valence-corrected chi connectivity index (χ0v) is 13.1. The number of amides is 1. The normalized spacial score (nSPS) is 15.4. The van der Waals surface area contributed by atoms with Crippen molar-refractivity contribution in [2.24, 2.45) is 5.92 Å². The minimum Gasteiger partial charge on any atom is -0.465 e. The first-order chi connectivity index (χ1) is 10.5. The van der Waals surface area contributed by atoms with E-state index in [1.54, 1.807) is 0 Å². The predicted molar refractivity (Wildman–Crippen MR) is 89.0 cm³/mol. The van der Waals surface area contributed by atoms with E-state index in [9.17, 15) is 4.79 Å². The van der Waals surface area contributed by atoms with Crippen LogP contribution in [0.4, 0.5) is 4.79 Å². The third-order valence-corrected chi connectivity index (χ3v) is 4.25. The molecule has 0 spiro atoms. The number of aromatic nitrogens is 1. The summed E-state index contributed by atoms with van der Waals surface area (Å²) in [5, 5.41) is 10.3. The van der Waals surface area contributed by atoms with E-state index in [2.05, 4.69) is 43.2 Å².